The van der Waals surface area contributed by atoms with Crippen LogP contribution in [0.5, 0.6) is 0 Å². The molecule has 0 radical (unpaired) electrons. The first kappa shape index (κ1) is 27.5. The molecule has 2 unspecified atom stereocenters. The van der Waals surface area contributed by atoms with Crippen molar-refractivity contribution in [2.75, 3.05) is 26.7 Å². The van der Waals surface area contributed by atoms with E-state index in [0.717, 1.165) is 29.4 Å². The summed E-state index contributed by atoms with van der Waals surface area (Å²) in [5.41, 5.74) is 2.76. The van der Waals surface area contributed by atoms with Crippen molar-refractivity contribution >= 4 is 34.4 Å². The molecule has 1 aliphatic heterocycles. The van der Waals surface area contributed by atoms with Crippen LogP contribution < -0.4 is 5.32 Å². The number of hydrogen-bond acceptors (Lipinski definition) is 7. The van der Waals surface area contributed by atoms with Gasteiger partial charge in [0, 0.05) is 55.2 Å². The molecule has 9 nitrogen and oxygen atoms in total. The highest BCUT2D eigenvalue weighted by atomic mass is 19.1. The standard InChI is InChI=1S/C33H33FN6O3/c1-31(29(42)36-13-15-41)9-7-23(17-33(31,34)39-14-8-26(21-39)43-2)24-18-37-30-38-19-28(40(30)20-24)32(10-11-32)25-5-6-27-22(16-25)4-3-12-35-27/h3-7,9,12,15-20,26H,8,10-11,13-14,21H2,1-2H3,(H,36,42)/t26-,31?,33?/m1/s1. The van der Waals surface area contributed by atoms with E-state index in [0.29, 0.717) is 42.7 Å². The molecule has 1 N–H and O–H groups in total. The molecular weight excluding hydrogens is 547 g/mol. The summed E-state index contributed by atoms with van der Waals surface area (Å²) >= 11 is 0. The lowest BCUT2D eigenvalue weighted by molar-refractivity contribution is -0.144. The van der Waals surface area contributed by atoms with Gasteiger partial charge in [-0.1, -0.05) is 24.3 Å². The second kappa shape index (κ2) is 10.2. The van der Waals surface area contributed by atoms with Crippen LogP contribution >= 0.6 is 0 Å². The van der Waals surface area contributed by atoms with Gasteiger partial charge in [-0.2, -0.15) is 0 Å². The number of methoxy groups -OCH3 is 1. The third-order valence-corrected chi connectivity index (χ3v) is 9.52. The molecule has 3 atom stereocenters. The minimum atomic E-state index is -2.17. The molecule has 2 aliphatic carbocycles. The van der Waals surface area contributed by atoms with Crippen molar-refractivity contribution in [3.8, 4) is 0 Å². The summed E-state index contributed by atoms with van der Waals surface area (Å²) < 4.78 is 25.0. The number of likely N-dealkylation sites (tertiary alicyclic amines) is 1. The number of fused-ring (bicyclic) bond motifs is 2. The van der Waals surface area contributed by atoms with E-state index in [1.807, 2.05) is 22.9 Å². The number of alkyl halides is 1. The SMILES string of the molecule is CO[C@@H]1CCN(C2(F)C=C(c3cnc4ncc(C5(c6ccc7ncccc7c6)CC5)n4c3)C=CC2(C)C(=O)NCC=O)C1. The molecular formula is C33H33FN6O3. The zero-order valence-corrected chi connectivity index (χ0v) is 24.2. The van der Waals surface area contributed by atoms with E-state index in [1.165, 1.54) is 11.6 Å². The van der Waals surface area contributed by atoms with Gasteiger partial charge in [0.2, 0.25) is 17.5 Å². The van der Waals surface area contributed by atoms with E-state index in [9.17, 15) is 9.59 Å². The van der Waals surface area contributed by atoms with E-state index >= 15 is 4.39 Å². The first-order valence-electron chi connectivity index (χ1n) is 14.6. The number of nitrogens with zero attached hydrogens (tertiary/aromatic N) is 5. The number of pyridine rings is 1. The molecule has 1 saturated carbocycles. The zero-order chi connectivity index (χ0) is 29.8. The number of imidazole rings is 1. The number of carbonyl (C=O) groups excluding carboxylic acids is 2. The summed E-state index contributed by atoms with van der Waals surface area (Å²) in [5.74, 6) is -2.15. The van der Waals surface area contributed by atoms with Gasteiger partial charge in [-0.05, 0) is 61.6 Å². The monoisotopic (exact) mass is 580 g/mol. The van der Waals surface area contributed by atoms with Crippen molar-refractivity contribution < 1.29 is 18.7 Å². The summed E-state index contributed by atoms with van der Waals surface area (Å²) in [6, 6.07) is 10.4. The van der Waals surface area contributed by atoms with Crippen LogP contribution in [0, 0.1) is 5.41 Å². The largest absolute Gasteiger partial charge is 0.380 e. The van der Waals surface area contributed by atoms with Gasteiger partial charge in [0.1, 0.15) is 11.7 Å². The fourth-order valence-corrected chi connectivity index (χ4v) is 6.71. The normalized spacial score (nSPS) is 26.5. The van der Waals surface area contributed by atoms with Gasteiger partial charge in [-0.3, -0.25) is 19.1 Å². The lowest BCUT2D eigenvalue weighted by Gasteiger charge is -2.45. The molecule has 1 aromatic carbocycles. The van der Waals surface area contributed by atoms with E-state index < -0.39 is 17.1 Å². The van der Waals surface area contributed by atoms with Crippen LogP contribution in [0.15, 0.2) is 73.3 Å². The third kappa shape index (κ3) is 4.31. The average molecular weight is 581 g/mol. The molecule has 0 bridgehead atoms. The Labute approximate surface area is 248 Å². The molecule has 1 amide bonds. The number of allylic oxidation sites excluding steroid dienone is 2. The molecule has 10 heteroatoms. The molecule has 4 heterocycles. The Morgan fingerprint density at radius 1 is 1.21 bits per heavy atom. The van der Waals surface area contributed by atoms with Gasteiger partial charge in [-0.15, -0.1) is 0 Å². The first-order chi connectivity index (χ1) is 20.8. The van der Waals surface area contributed by atoms with Crippen molar-refractivity contribution in [1.29, 1.82) is 0 Å². The molecule has 3 aliphatic rings. The zero-order valence-electron chi connectivity index (χ0n) is 24.2. The third-order valence-electron chi connectivity index (χ3n) is 9.52. The average Bonchev–Trinajstić information content (AvgIpc) is 3.48. The minimum Gasteiger partial charge on any atom is -0.380 e. The quantitative estimate of drug-likeness (QED) is 0.248. The Morgan fingerprint density at radius 2 is 2.05 bits per heavy atom. The van der Waals surface area contributed by atoms with E-state index in [1.54, 1.807) is 43.5 Å². The Balaban J connectivity index is 1.29. The maximum Gasteiger partial charge on any atom is 0.235 e. The van der Waals surface area contributed by atoms with Crippen molar-refractivity contribution in [1.82, 2.24) is 29.6 Å². The minimum absolute atomic E-state index is 0.134. The summed E-state index contributed by atoms with van der Waals surface area (Å²) in [4.78, 5) is 39.6. The van der Waals surface area contributed by atoms with E-state index in [2.05, 4.69) is 44.5 Å². The van der Waals surface area contributed by atoms with Crippen LogP contribution in [0.2, 0.25) is 0 Å². The number of benzene rings is 1. The molecule has 2 fully saturated rings. The van der Waals surface area contributed by atoms with Gasteiger partial charge in [-0.25, -0.2) is 14.4 Å². The predicted molar refractivity (Wildman–Crippen MR) is 160 cm³/mol. The van der Waals surface area contributed by atoms with Crippen LogP contribution in [-0.2, 0) is 19.7 Å². The lowest BCUT2D eigenvalue weighted by Crippen LogP contribution is -2.60. The highest BCUT2D eigenvalue weighted by molar-refractivity contribution is 5.91. The Kier molecular flexibility index (Phi) is 6.51. The fraction of sp³-hybridized carbons (Fsp3) is 0.364. The lowest BCUT2D eigenvalue weighted by atomic mass is 9.73. The molecule has 1 saturated heterocycles. The summed E-state index contributed by atoms with van der Waals surface area (Å²) in [5, 5.41) is 3.66. The summed E-state index contributed by atoms with van der Waals surface area (Å²) in [7, 11) is 1.61. The van der Waals surface area contributed by atoms with Crippen LogP contribution in [0.3, 0.4) is 0 Å². The van der Waals surface area contributed by atoms with Crippen LogP contribution in [0.4, 0.5) is 4.39 Å². The Bertz CT molecular complexity index is 1810. The number of rotatable bonds is 8. The fourth-order valence-electron chi connectivity index (χ4n) is 6.71. The first-order valence-corrected chi connectivity index (χ1v) is 14.6. The number of aldehydes is 1. The second-order valence-electron chi connectivity index (χ2n) is 11.9. The van der Waals surface area contributed by atoms with Gasteiger partial charge in [0.25, 0.3) is 0 Å². The van der Waals surface area contributed by atoms with Gasteiger partial charge < -0.3 is 14.8 Å². The van der Waals surface area contributed by atoms with Crippen LogP contribution in [0.25, 0.3) is 22.3 Å². The van der Waals surface area contributed by atoms with Crippen molar-refractivity contribution in [2.45, 2.75) is 43.5 Å². The number of nitrogens with one attached hydrogen (secondary N) is 1. The predicted octanol–water partition coefficient (Wildman–Crippen LogP) is 4.02. The topological polar surface area (TPSA) is 102 Å². The molecule has 4 aromatic rings. The van der Waals surface area contributed by atoms with Crippen molar-refractivity contribution in [2.24, 2.45) is 5.41 Å². The highest BCUT2D eigenvalue weighted by Gasteiger charge is 2.57. The number of halogens is 1. The molecule has 220 valence electrons. The number of hydrogen-bond donors (Lipinski definition) is 1. The van der Waals surface area contributed by atoms with Crippen LogP contribution in [0.1, 0.15) is 43.0 Å². The van der Waals surface area contributed by atoms with Gasteiger partial charge >= 0.3 is 0 Å². The van der Waals surface area contributed by atoms with Gasteiger partial charge in [0.15, 0.2) is 0 Å². The van der Waals surface area contributed by atoms with Gasteiger partial charge in [0.05, 0.1) is 30.1 Å². The summed E-state index contributed by atoms with van der Waals surface area (Å²) in [6.07, 6.45) is 15.3. The van der Waals surface area contributed by atoms with E-state index in [-0.39, 0.29) is 18.1 Å². The molecule has 0 spiro atoms. The number of ether oxygens (including phenoxy) is 1. The number of carbonyl (C=O) groups is 2. The number of amides is 1. The highest BCUT2D eigenvalue weighted by Crippen LogP contribution is 2.54. The maximum atomic E-state index is 17.5. The smallest absolute Gasteiger partial charge is 0.235 e. The number of aromatic nitrogens is 4. The van der Waals surface area contributed by atoms with Crippen molar-refractivity contribution in [3.05, 3.63) is 90.2 Å². The maximum absolute atomic E-state index is 17.5. The second-order valence-corrected chi connectivity index (χ2v) is 11.9. The summed E-state index contributed by atoms with van der Waals surface area (Å²) in [6.45, 7) is 2.15. The Morgan fingerprint density at radius 3 is 2.81 bits per heavy atom. The molecule has 7 rings (SSSR count). The Hall–Kier alpha value is -4.28. The van der Waals surface area contributed by atoms with Crippen LogP contribution in [-0.4, -0.2) is 75.1 Å². The van der Waals surface area contributed by atoms with E-state index in [4.69, 9.17) is 4.74 Å². The molecule has 3 aromatic heterocycles. The molecule has 43 heavy (non-hydrogen) atoms. The van der Waals surface area contributed by atoms with Crippen molar-refractivity contribution in [3.63, 3.8) is 0 Å².